The van der Waals surface area contributed by atoms with Crippen molar-refractivity contribution in [3.8, 4) is 0 Å². The summed E-state index contributed by atoms with van der Waals surface area (Å²) in [4.78, 5) is 7.61. The largest absolute Gasteiger partial charge is 0.373 e. The summed E-state index contributed by atoms with van der Waals surface area (Å²) in [5.41, 5.74) is 2.10. The Hall–Kier alpha value is -0.740. The molecule has 0 aliphatic carbocycles. The number of ether oxygens (including phenoxy) is 1. The number of methoxy groups -OCH3 is 1. The van der Waals surface area contributed by atoms with Crippen LogP contribution >= 0.6 is 12.2 Å². The number of aryl methyl sites for hydroxylation is 1. The van der Waals surface area contributed by atoms with Crippen LogP contribution in [-0.4, -0.2) is 17.1 Å². The average Bonchev–Trinajstić information content (AvgIpc) is 2.14. The molecule has 0 amide bonds. The molecule has 3 nitrogen and oxygen atoms in total. The molecule has 0 bridgehead atoms. The minimum Gasteiger partial charge on any atom is -0.373 e. The molecule has 0 saturated carbocycles. The van der Waals surface area contributed by atoms with Crippen molar-refractivity contribution >= 4 is 12.2 Å². The monoisotopic (exact) mass is 226 g/mol. The van der Waals surface area contributed by atoms with E-state index in [0.717, 1.165) is 17.1 Å². The fraction of sp³-hybridized carbons (Fsp3) is 0.636. The van der Waals surface area contributed by atoms with Crippen molar-refractivity contribution in [2.24, 2.45) is 5.92 Å². The molecule has 1 aromatic rings. The molecule has 1 unspecified atom stereocenters. The van der Waals surface area contributed by atoms with Crippen molar-refractivity contribution in [1.29, 1.82) is 0 Å². The summed E-state index contributed by atoms with van der Waals surface area (Å²) in [6.45, 7) is 8.18. The zero-order chi connectivity index (χ0) is 11.6. The summed E-state index contributed by atoms with van der Waals surface area (Å²) in [7, 11) is 1.69. The van der Waals surface area contributed by atoms with Crippen molar-refractivity contribution in [3.63, 3.8) is 0 Å². The summed E-state index contributed by atoms with van der Waals surface area (Å²) in [6.07, 6.45) is -0.0222. The molecular formula is C11H18N2OS. The first-order valence-electron chi connectivity index (χ1n) is 5.07. The van der Waals surface area contributed by atoms with E-state index in [1.807, 2.05) is 13.8 Å². The maximum atomic E-state index is 5.41. The fourth-order valence-corrected chi connectivity index (χ4v) is 1.75. The Morgan fingerprint density at radius 3 is 2.33 bits per heavy atom. The normalized spacial score (nSPS) is 13.2. The number of aromatic nitrogens is 2. The molecule has 1 aromatic heterocycles. The molecule has 1 atom stereocenters. The Balaban J connectivity index is 3.21. The number of aromatic amines is 1. The highest BCUT2D eigenvalue weighted by molar-refractivity contribution is 7.71. The summed E-state index contributed by atoms with van der Waals surface area (Å²) in [6, 6.07) is 0. The van der Waals surface area contributed by atoms with Crippen LogP contribution in [0.25, 0.3) is 0 Å². The number of H-pyrrole nitrogens is 1. The molecule has 15 heavy (non-hydrogen) atoms. The van der Waals surface area contributed by atoms with E-state index < -0.39 is 0 Å². The Morgan fingerprint density at radius 1 is 1.33 bits per heavy atom. The summed E-state index contributed by atoms with van der Waals surface area (Å²) in [5, 5.41) is 0. The van der Waals surface area contributed by atoms with Gasteiger partial charge in [0, 0.05) is 18.4 Å². The van der Waals surface area contributed by atoms with Gasteiger partial charge in [0.05, 0.1) is 0 Å². The van der Waals surface area contributed by atoms with Gasteiger partial charge in [0.25, 0.3) is 0 Å². The van der Waals surface area contributed by atoms with E-state index in [1.54, 1.807) is 7.11 Å². The highest BCUT2D eigenvalue weighted by Crippen LogP contribution is 2.22. The summed E-state index contributed by atoms with van der Waals surface area (Å²) >= 11 is 5.20. The van der Waals surface area contributed by atoms with Gasteiger partial charge in [-0.1, -0.05) is 26.1 Å². The van der Waals surface area contributed by atoms with Gasteiger partial charge in [0.15, 0.2) is 0 Å². The van der Waals surface area contributed by atoms with E-state index in [4.69, 9.17) is 17.0 Å². The number of nitrogens with one attached hydrogen (secondary N) is 1. The van der Waals surface area contributed by atoms with Gasteiger partial charge in [0.1, 0.15) is 16.6 Å². The molecule has 0 aromatic carbocycles. The molecule has 0 spiro atoms. The number of nitrogens with zero attached hydrogens (tertiary/aromatic N) is 1. The molecule has 0 aliphatic rings. The smallest absolute Gasteiger partial charge is 0.137 e. The number of hydrogen-bond donors (Lipinski definition) is 1. The lowest BCUT2D eigenvalue weighted by atomic mass is 10.1. The lowest BCUT2D eigenvalue weighted by Gasteiger charge is -2.19. The second-order valence-corrected chi connectivity index (χ2v) is 4.46. The predicted octanol–water partition coefficient (Wildman–Crippen LogP) is 3.10. The van der Waals surface area contributed by atoms with Gasteiger partial charge in [-0.15, -0.1) is 0 Å². The van der Waals surface area contributed by atoms with Crippen molar-refractivity contribution in [2.75, 3.05) is 7.11 Å². The van der Waals surface area contributed by atoms with Gasteiger partial charge < -0.3 is 9.72 Å². The number of rotatable bonds is 3. The average molecular weight is 226 g/mol. The first kappa shape index (κ1) is 12.3. The quantitative estimate of drug-likeness (QED) is 0.805. The van der Waals surface area contributed by atoms with Gasteiger partial charge in [-0.25, -0.2) is 4.98 Å². The molecule has 1 N–H and O–H groups in total. The molecule has 1 heterocycles. The second kappa shape index (κ2) is 4.86. The third kappa shape index (κ3) is 2.63. The van der Waals surface area contributed by atoms with Gasteiger partial charge in [0.2, 0.25) is 0 Å². The zero-order valence-corrected chi connectivity index (χ0v) is 10.7. The molecule has 0 fully saturated rings. The lowest BCUT2D eigenvalue weighted by Crippen LogP contribution is -2.14. The van der Waals surface area contributed by atoms with Crippen LogP contribution in [0.5, 0.6) is 0 Å². The van der Waals surface area contributed by atoms with Crippen molar-refractivity contribution in [1.82, 2.24) is 9.97 Å². The van der Waals surface area contributed by atoms with E-state index >= 15 is 0 Å². The van der Waals surface area contributed by atoms with Crippen molar-refractivity contribution in [2.45, 2.75) is 33.8 Å². The maximum Gasteiger partial charge on any atom is 0.137 e. The van der Waals surface area contributed by atoms with Gasteiger partial charge >= 0.3 is 0 Å². The van der Waals surface area contributed by atoms with Crippen LogP contribution in [0.3, 0.4) is 0 Å². The minimum absolute atomic E-state index is 0.0222. The first-order valence-corrected chi connectivity index (χ1v) is 5.48. The van der Waals surface area contributed by atoms with E-state index in [0.29, 0.717) is 10.6 Å². The minimum atomic E-state index is -0.0222. The molecule has 0 aliphatic heterocycles. The van der Waals surface area contributed by atoms with Gasteiger partial charge in [-0.3, -0.25) is 0 Å². The van der Waals surface area contributed by atoms with Gasteiger partial charge in [-0.2, -0.15) is 0 Å². The van der Waals surface area contributed by atoms with Crippen LogP contribution in [-0.2, 0) is 4.74 Å². The predicted molar refractivity (Wildman–Crippen MR) is 63.5 cm³/mol. The Morgan fingerprint density at radius 2 is 1.93 bits per heavy atom. The third-order valence-corrected chi connectivity index (χ3v) is 2.95. The molecule has 4 heteroatoms. The van der Waals surface area contributed by atoms with E-state index in [9.17, 15) is 0 Å². The Labute approximate surface area is 95.9 Å². The first-order chi connectivity index (χ1) is 6.97. The number of hydrogen-bond acceptors (Lipinski definition) is 3. The fourth-order valence-electron chi connectivity index (χ4n) is 1.50. The third-order valence-electron chi connectivity index (χ3n) is 2.55. The highest BCUT2D eigenvalue weighted by atomic mass is 32.1. The molecule has 84 valence electrons. The standard InChI is InChI=1S/C11H18N2OS/c1-6(2)9(14-5)10-12-8(4)7(3)11(15)13-10/h6,9H,1-5H3,(H,12,13,15). The topological polar surface area (TPSA) is 37.9 Å². The molecule has 0 radical (unpaired) electrons. The van der Waals surface area contributed by atoms with E-state index in [-0.39, 0.29) is 6.10 Å². The van der Waals surface area contributed by atoms with Crippen LogP contribution in [0.2, 0.25) is 0 Å². The second-order valence-electron chi connectivity index (χ2n) is 4.08. The molecule has 0 saturated heterocycles. The van der Waals surface area contributed by atoms with Crippen molar-refractivity contribution in [3.05, 3.63) is 21.7 Å². The molecule has 1 rings (SSSR count). The van der Waals surface area contributed by atoms with Crippen LogP contribution in [0.1, 0.15) is 37.0 Å². The zero-order valence-electron chi connectivity index (χ0n) is 9.92. The maximum absolute atomic E-state index is 5.41. The molecular weight excluding hydrogens is 208 g/mol. The van der Waals surface area contributed by atoms with Gasteiger partial charge in [-0.05, 0) is 19.8 Å². The summed E-state index contributed by atoms with van der Waals surface area (Å²) < 4.78 is 6.06. The SMILES string of the molecule is COC(c1nc(=S)c(C)c(C)[nH]1)C(C)C. The van der Waals surface area contributed by atoms with Crippen LogP contribution in [0.4, 0.5) is 0 Å². The Bertz CT molecular complexity index is 398. The summed E-state index contributed by atoms with van der Waals surface area (Å²) in [5.74, 6) is 1.19. The Kier molecular flexibility index (Phi) is 3.99. The van der Waals surface area contributed by atoms with Crippen molar-refractivity contribution < 1.29 is 4.74 Å². The van der Waals surface area contributed by atoms with Crippen LogP contribution in [0.15, 0.2) is 0 Å². The highest BCUT2D eigenvalue weighted by Gasteiger charge is 2.17. The van der Waals surface area contributed by atoms with E-state index in [2.05, 4.69) is 23.8 Å². The van der Waals surface area contributed by atoms with Crippen LogP contribution < -0.4 is 0 Å². The van der Waals surface area contributed by atoms with E-state index in [1.165, 1.54) is 0 Å². The lowest BCUT2D eigenvalue weighted by molar-refractivity contribution is 0.0572. The van der Waals surface area contributed by atoms with Crippen LogP contribution in [0, 0.1) is 24.4 Å².